The van der Waals surface area contributed by atoms with Gasteiger partial charge in [-0.25, -0.2) is 14.6 Å². The molecule has 0 spiro atoms. The van der Waals surface area contributed by atoms with E-state index < -0.39 is 24.0 Å². The summed E-state index contributed by atoms with van der Waals surface area (Å²) in [6, 6.07) is 9.80. The van der Waals surface area contributed by atoms with Crippen LogP contribution in [0.1, 0.15) is 36.6 Å². The van der Waals surface area contributed by atoms with E-state index in [9.17, 15) is 14.4 Å². The van der Waals surface area contributed by atoms with Crippen molar-refractivity contribution >= 4 is 39.5 Å². The van der Waals surface area contributed by atoms with Crippen molar-refractivity contribution in [1.82, 2.24) is 15.6 Å². The summed E-state index contributed by atoms with van der Waals surface area (Å²) in [6.07, 6.45) is 2.86. The van der Waals surface area contributed by atoms with Crippen LogP contribution >= 0.6 is 11.3 Å². The molecule has 1 atom stereocenters. The minimum atomic E-state index is -0.847. The number of hydrogen-bond acceptors (Lipinski definition) is 8. The number of para-hydroxylation sites is 1. The zero-order chi connectivity index (χ0) is 23.2. The lowest BCUT2D eigenvalue weighted by atomic mass is 10.0. The molecule has 0 fully saturated rings. The second-order valence-electron chi connectivity index (χ2n) is 7.25. The first-order chi connectivity index (χ1) is 16.0. The normalized spacial score (nSPS) is 15.8. The summed E-state index contributed by atoms with van der Waals surface area (Å²) in [4.78, 5) is 41.6. The van der Waals surface area contributed by atoms with Gasteiger partial charge in [-0.15, -0.1) is 11.3 Å². The second-order valence-corrected chi connectivity index (χ2v) is 8.36. The topological polar surface area (TPSA) is 120 Å². The summed E-state index contributed by atoms with van der Waals surface area (Å²) in [5, 5.41) is 6.15. The number of nitrogens with one attached hydrogen (secondary N) is 2. The molecule has 0 saturated heterocycles. The Balaban J connectivity index is 1.39. The molecule has 0 bridgehead atoms. The van der Waals surface area contributed by atoms with E-state index in [1.54, 1.807) is 30.4 Å². The van der Waals surface area contributed by atoms with Crippen molar-refractivity contribution in [3.63, 3.8) is 0 Å². The quantitative estimate of drug-likeness (QED) is 0.459. The number of hydrogen-bond donors (Lipinski definition) is 2. The molecule has 1 aromatic carbocycles. The maximum Gasteiger partial charge on any atom is 0.338 e. The molecule has 2 N–H and O–H groups in total. The highest BCUT2D eigenvalue weighted by molar-refractivity contribution is 7.18. The minimum Gasteiger partial charge on any atom is -0.467 e. The molecule has 0 radical (unpaired) electrons. The highest BCUT2D eigenvalue weighted by atomic mass is 32.1. The molecule has 1 unspecified atom stereocenters. The number of carbonyl (C=O) groups is 3. The van der Waals surface area contributed by atoms with Crippen molar-refractivity contribution in [2.45, 2.75) is 32.2 Å². The lowest BCUT2D eigenvalue weighted by Gasteiger charge is -2.27. The van der Waals surface area contributed by atoms with Crippen molar-refractivity contribution in [1.29, 1.82) is 0 Å². The number of fused-ring (bicyclic) bond motifs is 1. The molecule has 1 aliphatic heterocycles. The van der Waals surface area contributed by atoms with Crippen LogP contribution in [0.3, 0.4) is 0 Å². The van der Waals surface area contributed by atoms with E-state index in [0.717, 1.165) is 15.2 Å². The van der Waals surface area contributed by atoms with Crippen molar-refractivity contribution in [2.75, 3.05) is 13.2 Å². The van der Waals surface area contributed by atoms with Crippen molar-refractivity contribution in [3.05, 3.63) is 64.7 Å². The monoisotopic (exact) mass is 469 g/mol. The number of amides is 2. The standard InChI is InChI=1S/C23H23N3O6S/c1-2-30-22(28)20-15(25-23(29)26-21(20)16-8-6-12-31-16)13-32-19(27)11-5-10-18-24-14-7-3-4-9-17(14)33-18/h3-4,6-9,12,21H,2,5,10-11,13H2,1H3,(H2,25,26,29). The third-order valence-corrected chi connectivity index (χ3v) is 6.06. The number of carbonyl (C=O) groups excluding carboxylic acids is 3. The number of esters is 2. The maximum absolute atomic E-state index is 12.6. The minimum absolute atomic E-state index is 0.133. The summed E-state index contributed by atoms with van der Waals surface area (Å²) < 4.78 is 17.0. The van der Waals surface area contributed by atoms with Crippen LogP contribution in [0.25, 0.3) is 10.2 Å². The van der Waals surface area contributed by atoms with Gasteiger partial charge in [-0.05, 0) is 44.0 Å². The highest BCUT2D eigenvalue weighted by Gasteiger charge is 2.35. The average molecular weight is 470 g/mol. The number of thiazole rings is 1. The Hall–Kier alpha value is -3.66. The lowest BCUT2D eigenvalue weighted by Crippen LogP contribution is -2.47. The molecular weight excluding hydrogens is 446 g/mol. The van der Waals surface area contributed by atoms with E-state index in [1.165, 1.54) is 6.26 Å². The van der Waals surface area contributed by atoms with E-state index in [2.05, 4.69) is 15.6 Å². The van der Waals surface area contributed by atoms with Crippen molar-refractivity contribution in [3.8, 4) is 0 Å². The SMILES string of the molecule is CCOC(=O)C1=C(COC(=O)CCCc2nc3ccccc3s2)NC(=O)NC1c1ccco1. The number of furan rings is 1. The number of rotatable bonds is 9. The third-order valence-electron chi connectivity index (χ3n) is 4.96. The Kier molecular flexibility index (Phi) is 7.04. The van der Waals surface area contributed by atoms with Gasteiger partial charge < -0.3 is 24.5 Å². The Morgan fingerprint density at radius 2 is 2.03 bits per heavy atom. The largest absolute Gasteiger partial charge is 0.467 e. The zero-order valence-electron chi connectivity index (χ0n) is 18.0. The Morgan fingerprint density at radius 3 is 2.79 bits per heavy atom. The summed E-state index contributed by atoms with van der Waals surface area (Å²) in [5.74, 6) is -0.699. The van der Waals surface area contributed by atoms with Gasteiger partial charge in [0.15, 0.2) is 0 Å². The molecule has 4 rings (SSSR count). The predicted molar refractivity (Wildman–Crippen MR) is 120 cm³/mol. The summed E-state index contributed by atoms with van der Waals surface area (Å²) in [6.45, 7) is 1.57. The predicted octanol–water partition coefficient (Wildman–Crippen LogP) is 3.63. The fraction of sp³-hybridized carbons (Fsp3) is 0.304. The Labute approximate surface area is 193 Å². The molecule has 1 aliphatic rings. The molecule has 2 aromatic heterocycles. The van der Waals surface area contributed by atoms with Crippen LogP contribution in [0.5, 0.6) is 0 Å². The Morgan fingerprint density at radius 1 is 1.18 bits per heavy atom. The van der Waals surface area contributed by atoms with Crippen LogP contribution in [0.2, 0.25) is 0 Å². The summed E-state index contributed by atoms with van der Waals surface area (Å²) >= 11 is 1.61. The number of nitrogens with zero attached hydrogens (tertiary/aromatic N) is 1. The van der Waals surface area contributed by atoms with Gasteiger partial charge in [-0.1, -0.05) is 12.1 Å². The molecule has 0 aliphatic carbocycles. The molecule has 2 amide bonds. The molecule has 3 aromatic rings. The number of urea groups is 1. The summed E-state index contributed by atoms with van der Waals surface area (Å²) in [7, 11) is 0. The van der Waals surface area contributed by atoms with E-state index in [1.807, 2.05) is 24.3 Å². The number of benzene rings is 1. The van der Waals surface area contributed by atoms with Gasteiger partial charge in [-0.3, -0.25) is 4.79 Å². The molecule has 10 heteroatoms. The third kappa shape index (κ3) is 5.40. The van der Waals surface area contributed by atoms with Gasteiger partial charge in [0.1, 0.15) is 18.4 Å². The Bertz CT molecular complexity index is 1150. The fourth-order valence-electron chi connectivity index (χ4n) is 3.49. The molecule has 33 heavy (non-hydrogen) atoms. The highest BCUT2D eigenvalue weighted by Crippen LogP contribution is 2.28. The second kappa shape index (κ2) is 10.3. The zero-order valence-corrected chi connectivity index (χ0v) is 18.8. The first-order valence-electron chi connectivity index (χ1n) is 10.6. The van der Waals surface area contributed by atoms with Gasteiger partial charge in [0.05, 0.1) is 39.4 Å². The lowest BCUT2D eigenvalue weighted by molar-refractivity contribution is -0.143. The van der Waals surface area contributed by atoms with Crippen LogP contribution in [0.4, 0.5) is 4.79 Å². The molecular formula is C23H23N3O6S. The number of aryl methyl sites for hydroxylation is 1. The van der Waals surface area contributed by atoms with Gasteiger partial charge in [0.2, 0.25) is 0 Å². The summed E-state index contributed by atoms with van der Waals surface area (Å²) in [5.41, 5.74) is 1.25. The van der Waals surface area contributed by atoms with Crippen LogP contribution in [0.15, 0.2) is 58.3 Å². The van der Waals surface area contributed by atoms with E-state index in [0.29, 0.717) is 18.6 Å². The fourth-order valence-corrected chi connectivity index (χ4v) is 4.50. The van der Waals surface area contributed by atoms with Crippen molar-refractivity contribution < 1.29 is 28.3 Å². The van der Waals surface area contributed by atoms with Crippen LogP contribution in [0, 0.1) is 0 Å². The van der Waals surface area contributed by atoms with Crippen LogP contribution in [-0.2, 0) is 25.5 Å². The first kappa shape index (κ1) is 22.5. The number of aromatic nitrogens is 1. The van der Waals surface area contributed by atoms with Gasteiger partial charge in [0, 0.05) is 6.42 Å². The molecule has 0 saturated carbocycles. The first-order valence-corrected chi connectivity index (χ1v) is 11.4. The maximum atomic E-state index is 12.6. The van der Waals surface area contributed by atoms with E-state index in [4.69, 9.17) is 13.9 Å². The van der Waals surface area contributed by atoms with Crippen LogP contribution < -0.4 is 10.6 Å². The van der Waals surface area contributed by atoms with Crippen molar-refractivity contribution in [2.24, 2.45) is 0 Å². The van der Waals surface area contributed by atoms with Gasteiger partial charge >= 0.3 is 18.0 Å². The van der Waals surface area contributed by atoms with E-state index in [-0.39, 0.29) is 30.9 Å². The molecule has 3 heterocycles. The molecule has 172 valence electrons. The molecule has 9 nitrogen and oxygen atoms in total. The number of ether oxygens (including phenoxy) is 2. The average Bonchev–Trinajstić information content (AvgIpc) is 3.47. The van der Waals surface area contributed by atoms with E-state index >= 15 is 0 Å². The smallest absolute Gasteiger partial charge is 0.338 e. The van der Waals surface area contributed by atoms with Gasteiger partial charge in [0.25, 0.3) is 0 Å². The van der Waals surface area contributed by atoms with Crippen LogP contribution in [-0.4, -0.2) is 36.2 Å². The van der Waals surface area contributed by atoms with Gasteiger partial charge in [-0.2, -0.15) is 0 Å².